The third kappa shape index (κ3) is 4.37. The van der Waals surface area contributed by atoms with Crippen LogP contribution in [0, 0.1) is 0 Å². The molecular weight excluding hydrogens is 601 g/mol. The normalized spacial score (nSPS) is 13.4. The number of fused-ring (bicyclic) bond motifs is 6. The number of nitrogens with zero attached hydrogens (tertiary/aromatic N) is 2. The molecule has 4 nitrogen and oxygen atoms in total. The van der Waals surface area contributed by atoms with Crippen LogP contribution in [0.5, 0.6) is 5.75 Å². The lowest BCUT2D eigenvalue weighted by atomic mass is 9.72. The van der Waals surface area contributed by atoms with Gasteiger partial charge in [-0.2, -0.15) is 0 Å². The Hall–Kier alpha value is -6.00. The molecule has 0 fully saturated rings. The fourth-order valence-corrected chi connectivity index (χ4v) is 7.70. The molecule has 5 aromatic carbocycles. The Labute approximate surface area is 285 Å². The number of phenolic OH excluding ortho intramolecular Hbond substituents is 1. The van der Waals surface area contributed by atoms with E-state index in [1.807, 2.05) is 36.5 Å². The van der Waals surface area contributed by atoms with Crippen LogP contribution in [0.3, 0.4) is 0 Å². The molecule has 4 heteroatoms. The summed E-state index contributed by atoms with van der Waals surface area (Å²) in [4.78, 5) is 10.5. The summed E-state index contributed by atoms with van der Waals surface area (Å²) in [5, 5.41) is 13.2. The summed E-state index contributed by atoms with van der Waals surface area (Å²) in [6.07, 6.45) is 1.87. The molecule has 3 aromatic heterocycles. The second-order valence-electron chi connectivity index (χ2n) is 13.9. The third-order valence-corrected chi connectivity index (χ3v) is 10.1. The molecule has 3 heterocycles. The molecule has 49 heavy (non-hydrogen) atoms. The minimum absolute atomic E-state index is 0.0821. The van der Waals surface area contributed by atoms with Gasteiger partial charge in [-0.15, -0.1) is 0 Å². The molecule has 1 aliphatic rings. The highest BCUT2D eigenvalue weighted by Gasteiger charge is 2.48. The second kappa shape index (κ2) is 10.8. The zero-order valence-electron chi connectivity index (χ0n) is 27.6. The minimum atomic E-state index is -0.728. The van der Waals surface area contributed by atoms with Gasteiger partial charge < -0.3 is 9.52 Å². The molecule has 0 saturated carbocycles. The molecule has 0 unspecified atom stereocenters. The average Bonchev–Trinajstić information content (AvgIpc) is 3.65. The van der Waals surface area contributed by atoms with Crippen LogP contribution < -0.4 is 0 Å². The zero-order valence-corrected chi connectivity index (χ0v) is 27.6. The van der Waals surface area contributed by atoms with Gasteiger partial charge in [0.1, 0.15) is 22.3 Å². The summed E-state index contributed by atoms with van der Waals surface area (Å²) >= 11 is 0. The van der Waals surface area contributed by atoms with Crippen molar-refractivity contribution in [3.05, 3.63) is 174 Å². The lowest BCUT2D eigenvalue weighted by Gasteiger charge is -2.31. The van der Waals surface area contributed by atoms with Crippen molar-refractivity contribution in [2.24, 2.45) is 0 Å². The number of aromatic hydroxyl groups is 1. The number of rotatable bonds is 4. The molecule has 8 aromatic rings. The van der Waals surface area contributed by atoms with Crippen molar-refractivity contribution in [1.82, 2.24) is 9.97 Å². The van der Waals surface area contributed by atoms with Crippen LogP contribution in [0.25, 0.3) is 55.4 Å². The van der Waals surface area contributed by atoms with E-state index in [1.54, 1.807) is 6.07 Å². The van der Waals surface area contributed by atoms with Gasteiger partial charge in [0, 0.05) is 28.1 Å². The van der Waals surface area contributed by atoms with Crippen molar-refractivity contribution in [3.63, 3.8) is 0 Å². The van der Waals surface area contributed by atoms with Gasteiger partial charge in [0.2, 0.25) is 0 Å². The summed E-state index contributed by atoms with van der Waals surface area (Å²) < 4.78 is 6.61. The van der Waals surface area contributed by atoms with Crippen LogP contribution in [0.2, 0.25) is 0 Å². The lowest BCUT2D eigenvalue weighted by molar-refractivity contribution is 0.476. The van der Waals surface area contributed by atoms with Crippen LogP contribution in [-0.2, 0) is 10.8 Å². The highest BCUT2D eigenvalue weighted by molar-refractivity contribution is 6.11. The number of pyridine rings is 2. The number of furan rings is 1. The number of para-hydroxylation sites is 1. The van der Waals surface area contributed by atoms with Gasteiger partial charge >= 0.3 is 0 Å². The molecular formula is C45H34N2O2. The molecule has 0 spiro atoms. The Morgan fingerprint density at radius 2 is 1.29 bits per heavy atom. The first kappa shape index (κ1) is 29.2. The smallest absolute Gasteiger partial charge is 0.144 e. The van der Waals surface area contributed by atoms with E-state index in [0.29, 0.717) is 0 Å². The fourth-order valence-electron chi connectivity index (χ4n) is 7.70. The van der Waals surface area contributed by atoms with E-state index >= 15 is 0 Å². The maximum atomic E-state index is 11.2. The third-order valence-electron chi connectivity index (χ3n) is 10.1. The molecule has 1 N–H and O–H groups in total. The molecule has 0 bridgehead atoms. The number of benzene rings is 5. The van der Waals surface area contributed by atoms with E-state index < -0.39 is 5.41 Å². The van der Waals surface area contributed by atoms with E-state index in [1.165, 1.54) is 11.1 Å². The number of hydrogen-bond acceptors (Lipinski definition) is 4. The predicted molar refractivity (Wildman–Crippen MR) is 198 cm³/mol. The molecule has 0 saturated heterocycles. The predicted octanol–water partition coefficient (Wildman–Crippen LogP) is 11.1. The van der Waals surface area contributed by atoms with E-state index in [-0.39, 0.29) is 11.2 Å². The van der Waals surface area contributed by atoms with E-state index in [2.05, 4.69) is 124 Å². The summed E-state index contributed by atoms with van der Waals surface area (Å²) in [6.45, 7) is 6.56. The van der Waals surface area contributed by atoms with Crippen LogP contribution in [0.15, 0.2) is 150 Å². The Kier molecular flexibility index (Phi) is 6.40. The van der Waals surface area contributed by atoms with Gasteiger partial charge in [-0.1, -0.05) is 106 Å². The molecule has 0 radical (unpaired) electrons. The first-order valence-electron chi connectivity index (χ1n) is 16.7. The molecule has 0 amide bonds. The Balaban J connectivity index is 1.34. The van der Waals surface area contributed by atoms with E-state index in [9.17, 15) is 5.11 Å². The summed E-state index contributed by atoms with van der Waals surface area (Å²) in [5.41, 5.74) is 11.7. The van der Waals surface area contributed by atoms with Crippen LogP contribution in [-0.4, -0.2) is 15.1 Å². The number of hydrogen-bond donors (Lipinski definition) is 1. The van der Waals surface area contributed by atoms with Crippen molar-refractivity contribution >= 4 is 21.9 Å². The van der Waals surface area contributed by atoms with Crippen molar-refractivity contribution in [2.45, 2.75) is 31.6 Å². The van der Waals surface area contributed by atoms with Crippen molar-refractivity contribution < 1.29 is 9.52 Å². The standard InChI is InChI=1S/C45H34N2O2/c1-44(2,3)29-22-23-39(48)33(27-29)28-25-34-32-15-6-9-19-40(32)49-43(34)35(26-28)38-18-12-21-42(47-38)45(41-20-10-11-24-46-41)36-16-7-4-13-30(36)31-14-5-8-17-37(31)45/h4-27,48H,1-3H3. The minimum Gasteiger partial charge on any atom is -0.507 e. The van der Waals surface area contributed by atoms with Gasteiger partial charge in [0.05, 0.1) is 17.1 Å². The maximum absolute atomic E-state index is 11.2. The topological polar surface area (TPSA) is 59.2 Å². The summed E-state index contributed by atoms with van der Waals surface area (Å²) in [5.74, 6) is 0.237. The highest BCUT2D eigenvalue weighted by atomic mass is 16.3. The molecule has 1 aliphatic carbocycles. The Bertz CT molecular complexity index is 2510. The monoisotopic (exact) mass is 634 g/mol. The van der Waals surface area contributed by atoms with Crippen LogP contribution in [0.4, 0.5) is 0 Å². The molecule has 9 rings (SSSR count). The zero-order chi connectivity index (χ0) is 33.3. The number of aromatic nitrogens is 2. The summed E-state index contributed by atoms with van der Waals surface area (Å²) in [7, 11) is 0. The van der Waals surface area contributed by atoms with Crippen LogP contribution >= 0.6 is 0 Å². The highest BCUT2D eigenvalue weighted by Crippen LogP contribution is 2.55. The first-order valence-corrected chi connectivity index (χ1v) is 16.7. The molecule has 0 aliphatic heterocycles. The van der Waals surface area contributed by atoms with E-state index in [4.69, 9.17) is 14.4 Å². The maximum Gasteiger partial charge on any atom is 0.144 e. The largest absolute Gasteiger partial charge is 0.507 e. The SMILES string of the molecule is CC(C)(C)c1ccc(O)c(-c2cc(-c3cccc(C4(c5ccccn5)c5ccccc5-c5ccccc54)n3)c3oc4ccccc4c3c2)c1. The Morgan fingerprint density at radius 3 is 2.02 bits per heavy atom. The molecule has 0 atom stereocenters. The fraction of sp³-hybridized carbons (Fsp3) is 0.111. The van der Waals surface area contributed by atoms with Gasteiger partial charge in [-0.3, -0.25) is 9.97 Å². The summed E-state index contributed by atoms with van der Waals surface area (Å²) in [6, 6.07) is 47.9. The lowest BCUT2D eigenvalue weighted by Crippen LogP contribution is -2.31. The van der Waals surface area contributed by atoms with Gasteiger partial charge in [0.15, 0.2) is 0 Å². The van der Waals surface area contributed by atoms with Crippen molar-refractivity contribution in [1.29, 1.82) is 0 Å². The molecule has 236 valence electrons. The first-order chi connectivity index (χ1) is 23.8. The van der Waals surface area contributed by atoms with Gasteiger partial charge in [0.25, 0.3) is 0 Å². The average molecular weight is 635 g/mol. The van der Waals surface area contributed by atoms with Crippen LogP contribution in [0.1, 0.15) is 48.8 Å². The van der Waals surface area contributed by atoms with Gasteiger partial charge in [-0.25, -0.2) is 0 Å². The number of phenols is 1. The second-order valence-corrected chi connectivity index (χ2v) is 13.9. The van der Waals surface area contributed by atoms with Gasteiger partial charge in [-0.05, 0) is 93.4 Å². The Morgan fingerprint density at radius 1 is 0.592 bits per heavy atom. The quantitative estimate of drug-likeness (QED) is 0.209. The van der Waals surface area contributed by atoms with E-state index in [0.717, 1.165) is 72.4 Å². The van der Waals surface area contributed by atoms with Crippen molar-refractivity contribution in [2.75, 3.05) is 0 Å². The van der Waals surface area contributed by atoms with Crippen molar-refractivity contribution in [3.8, 4) is 39.3 Å².